The number of aliphatic hydroxyl groups is 1. The number of halogens is 1. The smallest absolute Gasteiger partial charge is 0.355 e. The average Bonchev–Trinajstić information content (AvgIpc) is 3.53. The molecule has 2 N–H and O–H groups in total. The van der Waals surface area contributed by atoms with Crippen LogP contribution >= 0.6 is 0 Å². The van der Waals surface area contributed by atoms with E-state index in [1.54, 1.807) is 39.5 Å². The third-order valence-electron chi connectivity index (χ3n) is 6.25. The number of hydrogen-bond acceptors (Lipinski definition) is 6. The number of Topliss-reactive ketones (excluding diaryl/α,β-unsaturated/α-hetero) is 1. The quantitative estimate of drug-likeness (QED) is 0.214. The zero-order chi connectivity index (χ0) is 26.0. The third kappa shape index (κ3) is 4.53. The highest BCUT2D eigenvalue weighted by Gasteiger charge is 2.46. The highest BCUT2D eigenvalue weighted by atomic mass is 19.1. The second-order valence-corrected chi connectivity index (χ2v) is 8.54. The number of likely N-dealkylation sites (tertiary alicyclic amines) is 1. The van der Waals surface area contributed by atoms with E-state index >= 15 is 0 Å². The van der Waals surface area contributed by atoms with Crippen LogP contribution in [0, 0.1) is 19.7 Å². The van der Waals surface area contributed by atoms with Crippen molar-refractivity contribution >= 4 is 23.4 Å². The number of aromatic nitrogens is 3. The Labute approximate surface area is 207 Å². The van der Waals surface area contributed by atoms with Crippen LogP contribution in [0.25, 0.3) is 5.76 Å². The molecule has 0 unspecified atom stereocenters. The number of H-pyrrole nitrogens is 1. The lowest BCUT2D eigenvalue weighted by atomic mass is 9.94. The summed E-state index contributed by atoms with van der Waals surface area (Å²) in [7, 11) is 0. The second-order valence-electron chi connectivity index (χ2n) is 8.54. The maximum Gasteiger partial charge on any atom is 0.355 e. The van der Waals surface area contributed by atoms with E-state index in [1.165, 1.54) is 29.2 Å². The Hall–Kier alpha value is -4.21. The van der Waals surface area contributed by atoms with Crippen molar-refractivity contribution in [3.8, 4) is 0 Å². The number of amides is 1. The number of carbonyl (C=O) groups excluding carboxylic acids is 3. The van der Waals surface area contributed by atoms with Crippen LogP contribution < -0.4 is 0 Å². The van der Waals surface area contributed by atoms with Crippen LogP contribution in [-0.2, 0) is 20.9 Å². The Balaban J connectivity index is 1.78. The van der Waals surface area contributed by atoms with Crippen molar-refractivity contribution in [2.75, 3.05) is 13.2 Å². The molecule has 188 valence electrons. The first-order valence-corrected chi connectivity index (χ1v) is 11.6. The van der Waals surface area contributed by atoms with Gasteiger partial charge in [0.15, 0.2) is 0 Å². The van der Waals surface area contributed by atoms with Crippen molar-refractivity contribution in [2.45, 2.75) is 39.8 Å². The second kappa shape index (κ2) is 10.2. The maximum atomic E-state index is 13.7. The van der Waals surface area contributed by atoms with Crippen molar-refractivity contribution in [1.29, 1.82) is 0 Å². The molecule has 1 aliphatic heterocycles. The zero-order valence-corrected chi connectivity index (χ0v) is 20.2. The molecular weight excluding hydrogens is 467 g/mol. The minimum atomic E-state index is -0.923. The number of aliphatic hydroxyl groups excluding tert-OH is 1. The molecule has 1 amide bonds. The Morgan fingerprint density at radius 3 is 2.56 bits per heavy atom. The predicted octanol–water partition coefficient (Wildman–Crippen LogP) is 3.66. The summed E-state index contributed by atoms with van der Waals surface area (Å²) in [5.41, 5.74) is 1.61. The summed E-state index contributed by atoms with van der Waals surface area (Å²) in [6, 6.07) is 4.54. The van der Waals surface area contributed by atoms with E-state index < -0.39 is 35.3 Å². The van der Waals surface area contributed by atoms with Gasteiger partial charge >= 0.3 is 5.97 Å². The van der Waals surface area contributed by atoms with Gasteiger partial charge in [0.2, 0.25) is 0 Å². The molecule has 0 bridgehead atoms. The summed E-state index contributed by atoms with van der Waals surface area (Å²) in [5.74, 6) is -3.06. The van der Waals surface area contributed by atoms with E-state index in [2.05, 4.69) is 9.97 Å². The molecule has 1 aliphatic rings. The number of aromatic amines is 1. The van der Waals surface area contributed by atoms with Crippen LogP contribution in [-0.4, -0.2) is 55.4 Å². The summed E-state index contributed by atoms with van der Waals surface area (Å²) in [6.45, 7) is 5.92. The van der Waals surface area contributed by atoms with E-state index in [4.69, 9.17) is 4.74 Å². The number of ketones is 1. The van der Waals surface area contributed by atoms with E-state index in [9.17, 15) is 23.9 Å². The van der Waals surface area contributed by atoms with E-state index in [0.717, 1.165) is 0 Å². The molecule has 1 fully saturated rings. The fraction of sp³-hybridized carbons (Fsp3) is 0.308. The Morgan fingerprint density at radius 1 is 1.19 bits per heavy atom. The first-order chi connectivity index (χ1) is 17.2. The van der Waals surface area contributed by atoms with Crippen LogP contribution in [0.3, 0.4) is 0 Å². The molecule has 4 rings (SSSR count). The lowest BCUT2D eigenvalue weighted by Crippen LogP contribution is -2.31. The fourth-order valence-corrected chi connectivity index (χ4v) is 4.59. The van der Waals surface area contributed by atoms with Gasteiger partial charge in [-0.25, -0.2) is 14.2 Å². The van der Waals surface area contributed by atoms with Crippen molar-refractivity contribution in [3.05, 3.63) is 82.5 Å². The standard InChI is InChI=1S/C26H27FN4O5/c1-4-36-26(35)21-15(2)19(16(3)29-21)23(32)20-22(17-6-8-18(27)9-7-17)31(25(34)24(20)33)12-5-11-30-13-10-28-14-30/h6-10,13-14,22,29,32H,4-5,11-12H2,1-3H3/b23-20+/t22-/m1/s1. The summed E-state index contributed by atoms with van der Waals surface area (Å²) in [4.78, 5) is 47.0. The van der Waals surface area contributed by atoms with Gasteiger partial charge in [-0.05, 0) is 50.5 Å². The first kappa shape index (κ1) is 24.9. The number of nitrogens with zero attached hydrogens (tertiary/aromatic N) is 3. The number of benzene rings is 1. The molecule has 2 aromatic heterocycles. The van der Waals surface area contributed by atoms with Gasteiger partial charge in [0, 0.05) is 36.7 Å². The van der Waals surface area contributed by atoms with E-state index in [-0.39, 0.29) is 30.0 Å². The van der Waals surface area contributed by atoms with Gasteiger partial charge in [-0.3, -0.25) is 9.59 Å². The van der Waals surface area contributed by atoms with Gasteiger partial charge in [0.25, 0.3) is 11.7 Å². The normalized spacial score (nSPS) is 17.1. The third-order valence-corrected chi connectivity index (χ3v) is 6.25. The number of nitrogens with one attached hydrogen (secondary N) is 1. The maximum absolute atomic E-state index is 13.7. The molecule has 3 aromatic rings. The summed E-state index contributed by atoms with van der Waals surface area (Å²) in [5, 5.41) is 11.4. The van der Waals surface area contributed by atoms with E-state index in [1.807, 2.05) is 4.57 Å². The largest absolute Gasteiger partial charge is 0.507 e. The number of hydrogen-bond donors (Lipinski definition) is 2. The van der Waals surface area contributed by atoms with Crippen LogP contribution in [0.4, 0.5) is 4.39 Å². The molecule has 1 saturated heterocycles. The summed E-state index contributed by atoms with van der Waals surface area (Å²) in [6.07, 6.45) is 5.63. The molecule has 1 atom stereocenters. The highest BCUT2D eigenvalue weighted by Crippen LogP contribution is 2.41. The van der Waals surface area contributed by atoms with Crippen molar-refractivity contribution in [2.24, 2.45) is 0 Å². The van der Waals surface area contributed by atoms with Crippen LogP contribution in [0.2, 0.25) is 0 Å². The summed E-state index contributed by atoms with van der Waals surface area (Å²) < 4.78 is 20.6. The van der Waals surface area contributed by atoms with Crippen molar-refractivity contribution in [1.82, 2.24) is 19.4 Å². The molecule has 3 heterocycles. The minimum absolute atomic E-state index is 0.116. The molecule has 0 saturated carbocycles. The monoisotopic (exact) mass is 494 g/mol. The van der Waals surface area contributed by atoms with Crippen LogP contribution in [0.1, 0.15) is 52.3 Å². The van der Waals surface area contributed by atoms with Crippen molar-refractivity contribution in [3.63, 3.8) is 0 Å². The topological polar surface area (TPSA) is 118 Å². The molecular formula is C26H27FN4O5. The number of carbonyl (C=O) groups is 3. The number of imidazole rings is 1. The molecule has 10 heteroatoms. The highest BCUT2D eigenvalue weighted by molar-refractivity contribution is 6.46. The SMILES string of the molecule is CCOC(=O)c1[nH]c(C)c(/C(O)=C2\C(=O)C(=O)N(CCCn3ccnc3)[C@@H]2c2ccc(F)cc2)c1C. The van der Waals surface area contributed by atoms with Gasteiger partial charge < -0.3 is 24.3 Å². The molecule has 9 nitrogen and oxygen atoms in total. The lowest BCUT2D eigenvalue weighted by Gasteiger charge is -2.25. The molecule has 36 heavy (non-hydrogen) atoms. The number of rotatable bonds is 8. The predicted molar refractivity (Wildman–Crippen MR) is 128 cm³/mol. The lowest BCUT2D eigenvalue weighted by molar-refractivity contribution is -0.139. The fourth-order valence-electron chi connectivity index (χ4n) is 4.59. The molecule has 0 aliphatic carbocycles. The summed E-state index contributed by atoms with van der Waals surface area (Å²) >= 11 is 0. The van der Waals surface area contributed by atoms with Gasteiger partial charge in [-0.15, -0.1) is 0 Å². The van der Waals surface area contributed by atoms with E-state index in [0.29, 0.717) is 29.8 Å². The van der Waals surface area contributed by atoms with Gasteiger partial charge in [0.05, 0.1) is 24.5 Å². The Morgan fingerprint density at radius 2 is 1.92 bits per heavy atom. The Kier molecular flexibility index (Phi) is 7.05. The number of esters is 1. The Bertz CT molecular complexity index is 1330. The van der Waals surface area contributed by atoms with Gasteiger partial charge in [0.1, 0.15) is 17.3 Å². The van der Waals surface area contributed by atoms with Gasteiger partial charge in [-0.2, -0.15) is 0 Å². The molecule has 0 spiro atoms. The van der Waals surface area contributed by atoms with Crippen LogP contribution in [0.5, 0.6) is 0 Å². The van der Waals surface area contributed by atoms with Gasteiger partial charge in [-0.1, -0.05) is 12.1 Å². The number of ether oxygens (including phenoxy) is 1. The number of aryl methyl sites for hydroxylation is 2. The average molecular weight is 495 g/mol. The van der Waals surface area contributed by atoms with Crippen LogP contribution in [0.15, 0.2) is 48.6 Å². The molecule has 0 radical (unpaired) electrons. The molecule has 1 aromatic carbocycles. The van der Waals surface area contributed by atoms with Crippen molar-refractivity contribution < 1.29 is 28.6 Å². The minimum Gasteiger partial charge on any atom is -0.507 e. The first-order valence-electron chi connectivity index (χ1n) is 11.6. The zero-order valence-electron chi connectivity index (χ0n) is 20.2.